The van der Waals surface area contributed by atoms with Gasteiger partial charge in [-0.2, -0.15) is 0 Å². The highest BCUT2D eigenvalue weighted by Gasteiger charge is 2.34. The van der Waals surface area contributed by atoms with Crippen molar-refractivity contribution in [3.05, 3.63) is 124 Å². The van der Waals surface area contributed by atoms with Gasteiger partial charge in [-0.3, -0.25) is 13.9 Å². The Hall–Kier alpha value is -4.05. The molecule has 2 amide bonds. The SMILES string of the molecule is CCOc1ccc(N(CC(=O)N(Cc2cccc(Cl)c2)[C@@H](Cc2ccccc2)C(=O)NCC(C)C)S(=O)(=O)c2ccc(Cl)cc2)cc1. The highest BCUT2D eigenvalue weighted by atomic mass is 35.5. The van der Waals surface area contributed by atoms with Crippen LogP contribution < -0.4 is 14.4 Å². The van der Waals surface area contributed by atoms with E-state index in [4.69, 9.17) is 27.9 Å². The molecule has 0 fully saturated rings. The zero-order chi connectivity index (χ0) is 34.0. The maximum atomic E-state index is 14.6. The molecular weight excluding hydrogens is 657 g/mol. The standard InChI is InChI=1S/C36H39Cl2N3O5S/c1-4-46-32-17-15-31(16-18-32)41(47(44,45)33-19-13-29(37)14-20-33)25-35(42)40(24-28-11-8-12-30(38)21-28)34(36(43)39-23-26(2)3)22-27-9-6-5-7-10-27/h5-21,26,34H,4,22-25H2,1-3H3,(H,39,43)/t34-/m0/s1. The summed E-state index contributed by atoms with van der Waals surface area (Å²) in [6.07, 6.45) is 0.212. The molecule has 1 N–H and O–H groups in total. The van der Waals surface area contributed by atoms with Gasteiger partial charge in [0.05, 0.1) is 17.2 Å². The van der Waals surface area contributed by atoms with Gasteiger partial charge in [0.1, 0.15) is 18.3 Å². The van der Waals surface area contributed by atoms with E-state index in [1.165, 1.54) is 29.2 Å². The van der Waals surface area contributed by atoms with Crippen molar-refractivity contribution < 1.29 is 22.7 Å². The fraction of sp³-hybridized carbons (Fsp3) is 0.278. The molecule has 248 valence electrons. The van der Waals surface area contributed by atoms with E-state index in [2.05, 4.69) is 5.32 Å². The minimum absolute atomic E-state index is 0.0180. The molecule has 4 aromatic rings. The number of carbonyl (C=O) groups is 2. The first-order chi connectivity index (χ1) is 22.5. The molecule has 0 bridgehead atoms. The van der Waals surface area contributed by atoms with Gasteiger partial charge in [-0.05, 0) is 84.6 Å². The van der Waals surface area contributed by atoms with E-state index in [0.29, 0.717) is 34.5 Å². The lowest BCUT2D eigenvalue weighted by Gasteiger charge is -2.34. The summed E-state index contributed by atoms with van der Waals surface area (Å²) in [6.45, 7) is 6.10. The number of hydrogen-bond donors (Lipinski definition) is 1. The first kappa shape index (κ1) is 35.8. The maximum Gasteiger partial charge on any atom is 0.264 e. The number of anilines is 1. The predicted molar refractivity (Wildman–Crippen MR) is 187 cm³/mol. The van der Waals surface area contributed by atoms with Crippen molar-refractivity contribution in [1.82, 2.24) is 10.2 Å². The van der Waals surface area contributed by atoms with Crippen molar-refractivity contribution >= 4 is 50.7 Å². The summed E-state index contributed by atoms with van der Waals surface area (Å²) in [7, 11) is -4.27. The summed E-state index contributed by atoms with van der Waals surface area (Å²) in [5, 5.41) is 3.83. The molecular formula is C36H39Cl2N3O5S. The second kappa shape index (κ2) is 16.7. The molecule has 11 heteroatoms. The Bertz CT molecular complexity index is 1730. The Morgan fingerprint density at radius 1 is 0.830 bits per heavy atom. The van der Waals surface area contributed by atoms with Gasteiger partial charge in [-0.25, -0.2) is 8.42 Å². The van der Waals surface area contributed by atoms with E-state index < -0.39 is 28.5 Å². The van der Waals surface area contributed by atoms with Gasteiger partial charge in [-0.1, -0.05) is 79.5 Å². The van der Waals surface area contributed by atoms with Crippen molar-refractivity contribution in [1.29, 1.82) is 0 Å². The van der Waals surface area contributed by atoms with Crippen molar-refractivity contribution in [2.75, 3.05) is 24.0 Å². The van der Waals surface area contributed by atoms with Gasteiger partial charge in [0, 0.05) is 29.6 Å². The number of nitrogens with zero attached hydrogens (tertiary/aromatic N) is 2. The molecule has 0 aliphatic heterocycles. The molecule has 0 heterocycles. The number of hydrogen-bond acceptors (Lipinski definition) is 5. The largest absolute Gasteiger partial charge is 0.494 e. The maximum absolute atomic E-state index is 14.6. The normalized spacial score (nSPS) is 12.0. The lowest BCUT2D eigenvalue weighted by Crippen LogP contribution is -2.53. The lowest BCUT2D eigenvalue weighted by molar-refractivity contribution is -0.140. The number of benzene rings is 4. The third-order valence-corrected chi connectivity index (χ3v) is 9.59. The molecule has 0 unspecified atom stereocenters. The Morgan fingerprint density at radius 3 is 2.11 bits per heavy atom. The number of sulfonamides is 1. The first-order valence-corrected chi connectivity index (χ1v) is 17.5. The van der Waals surface area contributed by atoms with E-state index in [1.807, 2.05) is 57.2 Å². The molecule has 0 spiro atoms. The monoisotopic (exact) mass is 695 g/mol. The van der Waals surface area contributed by atoms with Crippen LogP contribution in [0.1, 0.15) is 31.9 Å². The lowest BCUT2D eigenvalue weighted by atomic mass is 10.0. The van der Waals surface area contributed by atoms with Crippen LogP contribution in [0.4, 0.5) is 5.69 Å². The van der Waals surface area contributed by atoms with Crippen LogP contribution in [0.25, 0.3) is 0 Å². The predicted octanol–water partition coefficient (Wildman–Crippen LogP) is 7.00. The number of amides is 2. The Kier molecular flexibility index (Phi) is 12.7. The van der Waals surface area contributed by atoms with Crippen LogP contribution >= 0.6 is 23.2 Å². The van der Waals surface area contributed by atoms with Crippen LogP contribution in [0, 0.1) is 5.92 Å². The van der Waals surface area contributed by atoms with Crippen molar-refractivity contribution in [3.63, 3.8) is 0 Å². The fourth-order valence-electron chi connectivity index (χ4n) is 4.95. The second-order valence-corrected chi connectivity index (χ2v) is 14.1. The molecule has 0 aromatic heterocycles. The summed E-state index contributed by atoms with van der Waals surface area (Å²) in [5.74, 6) is -0.185. The summed E-state index contributed by atoms with van der Waals surface area (Å²) in [6, 6.07) is 27.7. The van der Waals surface area contributed by atoms with E-state index >= 15 is 0 Å². The first-order valence-electron chi connectivity index (χ1n) is 15.3. The third-order valence-electron chi connectivity index (χ3n) is 7.31. The molecule has 4 aromatic carbocycles. The van der Waals surface area contributed by atoms with Crippen molar-refractivity contribution in [2.45, 2.75) is 44.7 Å². The summed E-state index contributed by atoms with van der Waals surface area (Å²) in [5.41, 5.74) is 1.79. The van der Waals surface area contributed by atoms with Gasteiger partial charge in [-0.15, -0.1) is 0 Å². The van der Waals surface area contributed by atoms with E-state index in [-0.39, 0.29) is 35.4 Å². The number of rotatable bonds is 15. The smallest absolute Gasteiger partial charge is 0.264 e. The molecule has 0 saturated carbocycles. The molecule has 4 rings (SSSR count). The summed E-state index contributed by atoms with van der Waals surface area (Å²) < 4.78 is 35.0. The van der Waals surface area contributed by atoms with Gasteiger partial charge in [0.2, 0.25) is 11.8 Å². The minimum Gasteiger partial charge on any atom is -0.494 e. The van der Waals surface area contributed by atoms with Crippen LogP contribution in [-0.4, -0.2) is 50.9 Å². The van der Waals surface area contributed by atoms with Crippen LogP contribution in [0.2, 0.25) is 10.0 Å². The highest BCUT2D eigenvalue weighted by Crippen LogP contribution is 2.28. The molecule has 0 radical (unpaired) electrons. The average molecular weight is 697 g/mol. The summed E-state index contributed by atoms with van der Waals surface area (Å²) in [4.78, 5) is 29.8. The zero-order valence-corrected chi connectivity index (χ0v) is 28.9. The van der Waals surface area contributed by atoms with Crippen molar-refractivity contribution in [3.8, 4) is 5.75 Å². The van der Waals surface area contributed by atoms with E-state index in [0.717, 1.165) is 9.87 Å². The summed E-state index contributed by atoms with van der Waals surface area (Å²) >= 11 is 12.4. The van der Waals surface area contributed by atoms with E-state index in [9.17, 15) is 18.0 Å². The van der Waals surface area contributed by atoms with Crippen LogP contribution in [0.15, 0.2) is 108 Å². The number of ether oxygens (including phenoxy) is 1. The van der Waals surface area contributed by atoms with Gasteiger partial charge < -0.3 is 15.0 Å². The molecule has 0 aliphatic carbocycles. The second-order valence-electron chi connectivity index (χ2n) is 11.4. The number of halogens is 2. The van der Waals surface area contributed by atoms with Gasteiger partial charge >= 0.3 is 0 Å². The van der Waals surface area contributed by atoms with Crippen LogP contribution in [-0.2, 0) is 32.6 Å². The minimum atomic E-state index is -4.27. The molecule has 47 heavy (non-hydrogen) atoms. The Balaban J connectivity index is 1.80. The topological polar surface area (TPSA) is 96.0 Å². The Morgan fingerprint density at radius 2 is 1.49 bits per heavy atom. The zero-order valence-electron chi connectivity index (χ0n) is 26.6. The van der Waals surface area contributed by atoms with Crippen LogP contribution in [0.3, 0.4) is 0 Å². The highest BCUT2D eigenvalue weighted by molar-refractivity contribution is 7.92. The third kappa shape index (κ3) is 9.97. The van der Waals surface area contributed by atoms with E-state index in [1.54, 1.807) is 42.5 Å². The average Bonchev–Trinajstić information content (AvgIpc) is 3.05. The van der Waals surface area contributed by atoms with Crippen LogP contribution in [0.5, 0.6) is 5.75 Å². The number of nitrogens with one attached hydrogen (secondary N) is 1. The molecule has 0 aliphatic rings. The van der Waals surface area contributed by atoms with Gasteiger partial charge in [0.25, 0.3) is 10.0 Å². The molecule has 0 saturated heterocycles. The molecule has 1 atom stereocenters. The molecule has 8 nitrogen and oxygen atoms in total. The fourth-order valence-corrected chi connectivity index (χ4v) is 6.70. The Labute approximate surface area is 287 Å². The number of carbonyl (C=O) groups excluding carboxylic acids is 2. The quantitative estimate of drug-likeness (QED) is 0.145. The van der Waals surface area contributed by atoms with Crippen molar-refractivity contribution in [2.24, 2.45) is 5.92 Å². The van der Waals surface area contributed by atoms with Gasteiger partial charge in [0.15, 0.2) is 0 Å².